The maximum Gasteiger partial charge on any atom is 0.325 e. The fraction of sp³-hybridized carbons (Fsp3) is 0.474. The van der Waals surface area contributed by atoms with Crippen LogP contribution in [-0.4, -0.2) is 53.4 Å². The number of benzene rings is 1. The molecule has 1 saturated carbocycles. The van der Waals surface area contributed by atoms with Crippen molar-refractivity contribution in [3.8, 4) is 5.75 Å². The van der Waals surface area contributed by atoms with Gasteiger partial charge >= 0.3 is 6.03 Å². The number of urea groups is 1. The molecule has 0 bridgehead atoms. The highest BCUT2D eigenvalue weighted by molar-refractivity contribution is 6.07. The van der Waals surface area contributed by atoms with Crippen LogP contribution in [0.15, 0.2) is 24.3 Å². The summed E-state index contributed by atoms with van der Waals surface area (Å²) in [6.07, 6.45) is 2.08. The van der Waals surface area contributed by atoms with Gasteiger partial charge in [0.05, 0.1) is 12.2 Å². The number of fused-ring (bicyclic) bond motifs is 1. The lowest BCUT2D eigenvalue weighted by atomic mass is 9.98. The van der Waals surface area contributed by atoms with E-state index in [-0.39, 0.29) is 31.3 Å². The Morgan fingerprint density at radius 2 is 1.93 bits per heavy atom. The number of nitrogens with one attached hydrogen (secondary N) is 1. The van der Waals surface area contributed by atoms with E-state index in [9.17, 15) is 19.2 Å². The molecule has 1 unspecified atom stereocenters. The molecular weight excluding hydrogens is 364 g/mol. The second-order valence-corrected chi connectivity index (χ2v) is 7.41. The van der Waals surface area contributed by atoms with Crippen molar-refractivity contribution in [3.05, 3.63) is 24.3 Å². The van der Waals surface area contributed by atoms with Crippen LogP contribution in [0.2, 0.25) is 0 Å². The normalized spacial score (nSPS) is 22.8. The summed E-state index contributed by atoms with van der Waals surface area (Å²) in [5.41, 5.74) is 5.10. The minimum atomic E-state index is -0.947. The first-order valence-electron chi connectivity index (χ1n) is 9.41. The standard InChI is InChI=1S/C19H22N4O5/c20-16(25)14-11-23(12-5-1-2-6-13(12)28-14)15(24)7-10-22-17(26)19(21-18(22)27)8-3-4-9-19/h1-2,5-6,14H,3-4,7-11H2,(H2,20,25)(H,21,27). The van der Waals surface area contributed by atoms with Gasteiger partial charge in [0.1, 0.15) is 11.3 Å². The van der Waals surface area contributed by atoms with Crippen molar-refractivity contribution in [3.63, 3.8) is 0 Å². The molecule has 1 aromatic carbocycles. The van der Waals surface area contributed by atoms with Crippen LogP contribution in [0, 0.1) is 0 Å². The quantitative estimate of drug-likeness (QED) is 0.731. The number of rotatable bonds is 4. The number of hydrogen-bond donors (Lipinski definition) is 2. The first-order valence-corrected chi connectivity index (χ1v) is 9.41. The van der Waals surface area contributed by atoms with E-state index in [0.29, 0.717) is 24.3 Å². The molecular formula is C19H22N4O5. The monoisotopic (exact) mass is 386 g/mol. The lowest BCUT2D eigenvalue weighted by molar-refractivity contribution is -0.131. The molecule has 1 spiro atoms. The van der Waals surface area contributed by atoms with Gasteiger partial charge in [0.25, 0.3) is 11.8 Å². The molecule has 1 atom stereocenters. The molecule has 28 heavy (non-hydrogen) atoms. The zero-order valence-electron chi connectivity index (χ0n) is 15.3. The van der Waals surface area contributed by atoms with Gasteiger partial charge in [-0.05, 0) is 25.0 Å². The zero-order chi connectivity index (χ0) is 19.9. The van der Waals surface area contributed by atoms with Crippen LogP contribution in [0.5, 0.6) is 5.75 Å². The highest BCUT2D eigenvalue weighted by Crippen LogP contribution is 2.36. The third-order valence-corrected chi connectivity index (χ3v) is 5.64. The minimum absolute atomic E-state index is 0.00470. The summed E-state index contributed by atoms with van der Waals surface area (Å²) in [5, 5.41) is 2.80. The molecule has 9 heteroatoms. The number of ether oxygens (including phenoxy) is 1. The molecule has 3 aliphatic rings. The zero-order valence-corrected chi connectivity index (χ0v) is 15.3. The highest BCUT2D eigenvalue weighted by Gasteiger charge is 2.52. The number of nitrogens with two attached hydrogens (primary N) is 1. The molecule has 2 fully saturated rings. The molecule has 148 valence electrons. The molecule has 2 heterocycles. The summed E-state index contributed by atoms with van der Waals surface area (Å²) >= 11 is 0. The van der Waals surface area contributed by atoms with Crippen LogP contribution in [0.25, 0.3) is 0 Å². The van der Waals surface area contributed by atoms with Gasteiger partial charge in [-0.1, -0.05) is 25.0 Å². The molecule has 0 radical (unpaired) electrons. The van der Waals surface area contributed by atoms with Gasteiger partial charge in [-0.25, -0.2) is 4.79 Å². The second kappa shape index (κ2) is 6.81. The third-order valence-electron chi connectivity index (χ3n) is 5.64. The van der Waals surface area contributed by atoms with E-state index < -0.39 is 23.6 Å². The molecule has 1 aliphatic carbocycles. The van der Waals surface area contributed by atoms with Crippen LogP contribution in [0.3, 0.4) is 0 Å². The van der Waals surface area contributed by atoms with Crippen LogP contribution >= 0.6 is 0 Å². The molecule has 1 saturated heterocycles. The molecule has 3 N–H and O–H groups in total. The topological polar surface area (TPSA) is 122 Å². The number of nitrogens with zero attached hydrogens (tertiary/aromatic N) is 2. The Balaban J connectivity index is 1.47. The highest BCUT2D eigenvalue weighted by atomic mass is 16.5. The van der Waals surface area contributed by atoms with E-state index in [1.54, 1.807) is 24.3 Å². The molecule has 1 aromatic rings. The lowest BCUT2D eigenvalue weighted by Gasteiger charge is -2.33. The smallest absolute Gasteiger partial charge is 0.325 e. The summed E-state index contributed by atoms with van der Waals surface area (Å²) in [5.74, 6) is -0.828. The Kier molecular flexibility index (Phi) is 4.44. The average molecular weight is 386 g/mol. The minimum Gasteiger partial charge on any atom is -0.477 e. The van der Waals surface area contributed by atoms with Crippen molar-refractivity contribution in [2.45, 2.75) is 43.7 Å². The number of hydrogen-bond acceptors (Lipinski definition) is 5. The summed E-state index contributed by atoms with van der Waals surface area (Å²) in [6.45, 7) is -0.0126. The van der Waals surface area contributed by atoms with Crippen molar-refractivity contribution in [1.82, 2.24) is 10.2 Å². The molecule has 0 aromatic heterocycles. The number of carbonyl (C=O) groups excluding carboxylic acids is 4. The van der Waals surface area contributed by atoms with E-state index in [1.165, 1.54) is 4.90 Å². The number of imide groups is 1. The Morgan fingerprint density at radius 1 is 1.21 bits per heavy atom. The maximum absolute atomic E-state index is 12.9. The number of primary amides is 1. The van der Waals surface area contributed by atoms with Crippen molar-refractivity contribution in [1.29, 1.82) is 0 Å². The van der Waals surface area contributed by atoms with E-state index in [4.69, 9.17) is 10.5 Å². The largest absolute Gasteiger partial charge is 0.477 e. The third kappa shape index (κ3) is 2.96. The van der Waals surface area contributed by atoms with Crippen molar-refractivity contribution >= 4 is 29.4 Å². The van der Waals surface area contributed by atoms with Gasteiger partial charge in [-0.15, -0.1) is 0 Å². The summed E-state index contributed by atoms with van der Waals surface area (Å²) in [6, 6.07) is 6.42. The van der Waals surface area contributed by atoms with Gasteiger partial charge in [-0.3, -0.25) is 19.3 Å². The predicted molar refractivity (Wildman–Crippen MR) is 98.5 cm³/mol. The summed E-state index contributed by atoms with van der Waals surface area (Å²) in [4.78, 5) is 52.0. The number of amides is 5. The summed E-state index contributed by atoms with van der Waals surface area (Å²) < 4.78 is 5.55. The fourth-order valence-corrected chi connectivity index (χ4v) is 4.16. The first kappa shape index (κ1) is 18.3. The molecule has 4 rings (SSSR count). The second-order valence-electron chi connectivity index (χ2n) is 7.41. The SMILES string of the molecule is NC(=O)C1CN(C(=O)CCN2C(=O)NC3(CCCC3)C2=O)c2ccccc2O1. The fourth-order valence-electron chi connectivity index (χ4n) is 4.16. The van der Waals surface area contributed by atoms with Gasteiger partial charge in [-0.2, -0.15) is 0 Å². The molecule has 9 nitrogen and oxygen atoms in total. The average Bonchev–Trinajstić information content (AvgIpc) is 3.24. The van der Waals surface area contributed by atoms with Crippen molar-refractivity contribution in [2.24, 2.45) is 5.73 Å². The Bertz CT molecular complexity index is 848. The van der Waals surface area contributed by atoms with Crippen molar-refractivity contribution in [2.75, 3.05) is 18.0 Å². The van der Waals surface area contributed by atoms with Gasteiger partial charge in [0.2, 0.25) is 5.91 Å². The molecule has 2 aliphatic heterocycles. The van der Waals surface area contributed by atoms with E-state index in [2.05, 4.69) is 5.32 Å². The number of carbonyl (C=O) groups is 4. The van der Waals surface area contributed by atoms with Crippen LogP contribution in [0.4, 0.5) is 10.5 Å². The Hall–Kier alpha value is -3.10. The van der Waals surface area contributed by atoms with Crippen molar-refractivity contribution < 1.29 is 23.9 Å². The van der Waals surface area contributed by atoms with Crippen LogP contribution in [0.1, 0.15) is 32.1 Å². The number of anilines is 1. The maximum atomic E-state index is 12.9. The van der Waals surface area contributed by atoms with E-state index in [1.807, 2.05) is 0 Å². The summed E-state index contributed by atoms with van der Waals surface area (Å²) in [7, 11) is 0. The van der Waals surface area contributed by atoms with E-state index in [0.717, 1.165) is 17.7 Å². The predicted octanol–water partition coefficient (Wildman–Crippen LogP) is 0.521. The van der Waals surface area contributed by atoms with Gasteiger partial charge in [0.15, 0.2) is 6.10 Å². The number of para-hydroxylation sites is 2. The van der Waals surface area contributed by atoms with Gasteiger partial charge < -0.3 is 20.7 Å². The lowest BCUT2D eigenvalue weighted by Crippen LogP contribution is -2.50. The Labute approximate surface area is 161 Å². The van der Waals surface area contributed by atoms with E-state index >= 15 is 0 Å². The first-order chi connectivity index (χ1) is 13.4. The van der Waals surface area contributed by atoms with Crippen LogP contribution < -0.4 is 20.7 Å². The Morgan fingerprint density at radius 3 is 2.64 bits per heavy atom. The molecule has 5 amide bonds. The van der Waals surface area contributed by atoms with Gasteiger partial charge in [0, 0.05) is 13.0 Å². The van der Waals surface area contributed by atoms with Crippen LogP contribution in [-0.2, 0) is 14.4 Å².